The molecule has 1 aromatic heterocycles. The fraction of sp³-hybridized carbons (Fsp3) is 0.125. The molecule has 0 spiro atoms. The Morgan fingerprint density at radius 3 is 2.59 bits per heavy atom. The Labute approximate surface area is 199 Å². The lowest BCUT2D eigenvalue weighted by Crippen LogP contribution is -2.23. The van der Waals surface area contributed by atoms with E-state index < -0.39 is 0 Å². The molecule has 0 aliphatic carbocycles. The smallest absolute Gasteiger partial charge is 0.266 e. The predicted octanol–water partition coefficient (Wildman–Crippen LogP) is 6.04. The van der Waals surface area contributed by atoms with Gasteiger partial charge >= 0.3 is 0 Å². The molecule has 0 unspecified atom stereocenters. The Hall–Kier alpha value is -2.80. The molecule has 1 amide bonds. The Morgan fingerprint density at radius 1 is 1.03 bits per heavy atom. The number of thioether (sulfide) groups is 1. The molecule has 162 valence electrons. The molecule has 4 rings (SSSR count). The lowest BCUT2D eigenvalue weighted by atomic mass is 10.1. The molecule has 1 N–H and O–H groups in total. The number of carbonyl (C=O) groups is 1. The second-order valence-electron chi connectivity index (χ2n) is 7.24. The summed E-state index contributed by atoms with van der Waals surface area (Å²) in [5, 5.41) is 4.54. The minimum absolute atomic E-state index is 0.0654. The van der Waals surface area contributed by atoms with Gasteiger partial charge in [0.05, 0.1) is 32.4 Å². The Balaban J connectivity index is 1.70. The number of nitrogens with one attached hydrogen (secondary N) is 1. The third-order valence-electron chi connectivity index (χ3n) is 5.10. The Bertz CT molecular complexity index is 1400. The first-order valence-electron chi connectivity index (χ1n) is 9.81. The number of aryl methyl sites for hydroxylation is 1. The average molecular weight is 484 g/mol. The molecule has 0 fully saturated rings. The van der Waals surface area contributed by atoms with Gasteiger partial charge in [-0.3, -0.25) is 14.2 Å². The minimum Gasteiger partial charge on any atom is -0.325 e. The van der Waals surface area contributed by atoms with Crippen molar-refractivity contribution in [1.29, 1.82) is 0 Å². The molecule has 4 aromatic rings. The number of hydrogen-bond acceptors (Lipinski definition) is 4. The van der Waals surface area contributed by atoms with Gasteiger partial charge < -0.3 is 5.32 Å². The van der Waals surface area contributed by atoms with Gasteiger partial charge in [0.2, 0.25) is 5.91 Å². The number of anilines is 1. The van der Waals surface area contributed by atoms with E-state index in [0.29, 0.717) is 31.8 Å². The molecule has 0 aliphatic rings. The highest BCUT2D eigenvalue weighted by Gasteiger charge is 2.17. The van der Waals surface area contributed by atoms with E-state index in [1.54, 1.807) is 34.9 Å². The Kier molecular flexibility index (Phi) is 6.55. The second-order valence-corrected chi connectivity index (χ2v) is 8.99. The normalized spacial score (nSPS) is 11.0. The van der Waals surface area contributed by atoms with Gasteiger partial charge in [0.25, 0.3) is 5.56 Å². The van der Waals surface area contributed by atoms with Crippen LogP contribution in [0, 0.1) is 13.8 Å². The number of halogens is 2. The van der Waals surface area contributed by atoms with Crippen LogP contribution in [0.1, 0.15) is 11.1 Å². The predicted molar refractivity (Wildman–Crippen MR) is 133 cm³/mol. The first-order valence-corrected chi connectivity index (χ1v) is 11.6. The van der Waals surface area contributed by atoms with Crippen LogP contribution in [0.5, 0.6) is 0 Å². The first-order chi connectivity index (χ1) is 15.3. The van der Waals surface area contributed by atoms with E-state index in [1.807, 2.05) is 44.2 Å². The molecule has 8 heteroatoms. The molecule has 1 heterocycles. The van der Waals surface area contributed by atoms with Gasteiger partial charge in [0, 0.05) is 5.69 Å². The van der Waals surface area contributed by atoms with E-state index >= 15 is 0 Å². The van der Waals surface area contributed by atoms with Crippen LogP contribution in [0.25, 0.3) is 16.6 Å². The minimum atomic E-state index is -0.247. The number of nitrogens with zero attached hydrogens (tertiary/aromatic N) is 2. The third kappa shape index (κ3) is 4.53. The average Bonchev–Trinajstić information content (AvgIpc) is 2.77. The zero-order valence-corrected chi connectivity index (χ0v) is 19.7. The summed E-state index contributed by atoms with van der Waals surface area (Å²) in [5.41, 5.74) is 3.76. The number of aromatic nitrogens is 2. The summed E-state index contributed by atoms with van der Waals surface area (Å²) in [5.74, 6) is -0.182. The van der Waals surface area contributed by atoms with E-state index in [4.69, 9.17) is 28.2 Å². The molecule has 0 saturated heterocycles. The molecule has 0 saturated carbocycles. The monoisotopic (exact) mass is 483 g/mol. The van der Waals surface area contributed by atoms with Crippen molar-refractivity contribution in [2.45, 2.75) is 19.0 Å². The van der Waals surface area contributed by atoms with Crippen LogP contribution in [-0.2, 0) is 4.79 Å². The molecule has 3 aromatic carbocycles. The van der Waals surface area contributed by atoms with Gasteiger partial charge in [-0.1, -0.05) is 59.2 Å². The number of hydrogen-bond donors (Lipinski definition) is 1. The highest BCUT2D eigenvalue weighted by atomic mass is 35.5. The van der Waals surface area contributed by atoms with Gasteiger partial charge in [-0.2, -0.15) is 0 Å². The van der Waals surface area contributed by atoms with Crippen molar-refractivity contribution in [3.05, 3.63) is 92.2 Å². The van der Waals surface area contributed by atoms with Crippen LogP contribution in [-0.4, -0.2) is 21.2 Å². The fourth-order valence-electron chi connectivity index (χ4n) is 3.30. The highest BCUT2D eigenvalue weighted by Crippen LogP contribution is 2.27. The quantitative estimate of drug-likeness (QED) is 0.277. The number of para-hydroxylation sites is 1. The van der Waals surface area contributed by atoms with Gasteiger partial charge in [0.15, 0.2) is 5.16 Å². The topological polar surface area (TPSA) is 64.0 Å². The molecule has 0 atom stereocenters. The van der Waals surface area contributed by atoms with E-state index in [-0.39, 0.29) is 17.2 Å². The molecular weight excluding hydrogens is 465 g/mol. The van der Waals surface area contributed by atoms with Crippen molar-refractivity contribution >= 4 is 57.5 Å². The van der Waals surface area contributed by atoms with Crippen molar-refractivity contribution in [2.24, 2.45) is 0 Å². The van der Waals surface area contributed by atoms with Crippen LogP contribution in [0.3, 0.4) is 0 Å². The molecule has 0 radical (unpaired) electrons. The Morgan fingerprint density at radius 2 is 1.81 bits per heavy atom. The van der Waals surface area contributed by atoms with Crippen molar-refractivity contribution in [3.63, 3.8) is 0 Å². The molecule has 32 heavy (non-hydrogen) atoms. The summed E-state index contributed by atoms with van der Waals surface area (Å²) in [7, 11) is 0. The molecular formula is C24H19Cl2N3O2S. The highest BCUT2D eigenvalue weighted by molar-refractivity contribution is 7.99. The summed E-state index contributed by atoms with van der Waals surface area (Å²) in [6.45, 7) is 3.97. The zero-order valence-electron chi connectivity index (χ0n) is 17.4. The summed E-state index contributed by atoms with van der Waals surface area (Å²) in [6.07, 6.45) is 0. The fourth-order valence-corrected chi connectivity index (χ4v) is 4.40. The maximum Gasteiger partial charge on any atom is 0.266 e. The molecule has 5 nitrogen and oxygen atoms in total. The van der Waals surface area contributed by atoms with Crippen molar-refractivity contribution in [2.75, 3.05) is 11.1 Å². The zero-order chi connectivity index (χ0) is 22.8. The van der Waals surface area contributed by atoms with Gasteiger partial charge in [-0.05, 0) is 61.4 Å². The van der Waals surface area contributed by atoms with Crippen molar-refractivity contribution < 1.29 is 4.79 Å². The number of rotatable bonds is 5. The van der Waals surface area contributed by atoms with Crippen LogP contribution in [0.2, 0.25) is 10.0 Å². The number of carbonyl (C=O) groups excluding carboxylic acids is 1. The van der Waals surface area contributed by atoms with E-state index in [9.17, 15) is 9.59 Å². The van der Waals surface area contributed by atoms with E-state index in [2.05, 4.69) is 5.32 Å². The van der Waals surface area contributed by atoms with E-state index in [0.717, 1.165) is 16.8 Å². The SMILES string of the molecule is Cc1cccc(-n2c(SCC(=O)Nc3ccc(Cl)c(Cl)c3)nc3ccccc3c2=O)c1C. The molecule has 0 bridgehead atoms. The van der Waals surface area contributed by atoms with Crippen molar-refractivity contribution in [1.82, 2.24) is 9.55 Å². The standard InChI is InChI=1S/C24H19Cl2N3O2S/c1-14-6-5-9-21(15(14)2)29-23(31)17-7-3-4-8-20(17)28-24(29)32-13-22(30)27-16-10-11-18(25)19(26)12-16/h3-12H,13H2,1-2H3,(H,27,30). The summed E-state index contributed by atoms with van der Waals surface area (Å²) in [6, 6.07) is 17.9. The maximum atomic E-state index is 13.4. The van der Waals surface area contributed by atoms with Crippen LogP contribution in [0.15, 0.2) is 70.6 Å². The third-order valence-corrected chi connectivity index (χ3v) is 6.78. The summed E-state index contributed by atoms with van der Waals surface area (Å²) < 4.78 is 1.59. The van der Waals surface area contributed by atoms with Gasteiger partial charge in [-0.25, -0.2) is 4.98 Å². The lowest BCUT2D eigenvalue weighted by Gasteiger charge is -2.16. The maximum absolute atomic E-state index is 13.4. The molecule has 0 aliphatic heterocycles. The van der Waals surface area contributed by atoms with Crippen LogP contribution < -0.4 is 10.9 Å². The second kappa shape index (κ2) is 9.36. The number of fused-ring (bicyclic) bond motifs is 1. The largest absolute Gasteiger partial charge is 0.325 e. The van der Waals surface area contributed by atoms with Crippen molar-refractivity contribution in [3.8, 4) is 5.69 Å². The first kappa shape index (κ1) is 22.4. The van der Waals surface area contributed by atoms with Gasteiger partial charge in [-0.15, -0.1) is 0 Å². The summed E-state index contributed by atoms with van der Waals surface area (Å²) >= 11 is 13.2. The number of amides is 1. The van der Waals surface area contributed by atoms with Crippen LogP contribution in [0.4, 0.5) is 5.69 Å². The lowest BCUT2D eigenvalue weighted by molar-refractivity contribution is -0.113. The number of benzene rings is 3. The van der Waals surface area contributed by atoms with Gasteiger partial charge in [0.1, 0.15) is 0 Å². The van der Waals surface area contributed by atoms with Crippen LogP contribution >= 0.6 is 35.0 Å². The summed E-state index contributed by atoms with van der Waals surface area (Å²) in [4.78, 5) is 30.7. The van der Waals surface area contributed by atoms with E-state index in [1.165, 1.54) is 11.8 Å².